The Kier molecular flexibility index (Phi) is 5.43. The van der Waals surface area contributed by atoms with Gasteiger partial charge in [-0.25, -0.2) is 0 Å². The average molecular weight is 349 g/mol. The number of hydrogen-bond acceptors (Lipinski definition) is 4. The van der Waals surface area contributed by atoms with Crippen molar-refractivity contribution >= 4 is 11.8 Å². The molecular formula is C20H19N3O3. The van der Waals surface area contributed by atoms with E-state index in [0.29, 0.717) is 17.9 Å². The van der Waals surface area contributed by atoms with Gasteiger partial charge in [-0.05, 0) is 42.3 Å². The van der Waals surface area contributed by atoms with Gasteiger partial charge in [0.15, 0.2) is 0 Å². The molecule has 0 aliphatic rings. The van der Waals surface area contributed by atoms with Crippen molar-refractivity contribution in [2.75, 3.05) is 0 Å². The minimum atomic E-state index is -0.366. The standard InChI is InChI=1S/C20H19N3O3/c1-14-5-2-3-6-16(14)12-22-19(24)15-8-9-21-18(11-15)20(25)23-13-17-7-4-10-26-17/h2-11H,12-13H2,1H3,(H,22,24)(H,23,25). The number of nitrogens with one attached hydrogen (secondary N) is 2. The van der Waals surface area contributed by atoms with E-state index < -0.39 is 0 Å². The number of furan rings is 1. The quantitative estimate of drug-likeness (QED) is 0.717. The predicted octanol–water partition coefficient (Wildman–Crippen LogP) is 2.84. The Balaban J connectivity index is 1.61. The van der Waals surface area contributed by atoms with Crippen LogP contribution >= 0.6 is 0 Å². The Morgan fingerprint density at radius 3 is 2.58 bits per heavy atom. The molecule has 3 rings (SSSR count). The van der Waals surface area contributed by atoms with Crippen molar-refractivity contribution in [3.63, 3.8) is 0 Å². The maximum absolute atomic E-state index is 12.4. The summed E-state index contributed by atoms with van der Waals surface area (Å²) in [6.45, 7) is 2.68. The van der Waals surface area contributed by atoms with Crippen LogP contribution < -0.4 is 10.6 Å². The van der Waals surface area contributed by atoms with Crippen LogP contribution in [0, 0.1) is 6.92 Å². The molecule has 132 valence electrons. The molecule has 2 amide bonds. The number of benzene rings is 1. The second-order valence-electron chi connectivity index (χ2n) is 5.80. The van der Waals surface area contributed by atoms with E-state index in [2.05, 4.69) is 15.6 Å². The lowest BCUT2D eigenvalue weighted by Gasteiger charge is -2.09. The third-order valence-corrected chi connectivity index (χ3v) is 3.96. The highest BCUT2D eigenvalue weighted by atomic mass is 16.3. The number of amides is 2. The molecule has 0 aliphatic carbocycles. The summed E-state index contributed by atoms with van der Waals surface area (Å²) in [6, 6.07) is 14.4. The summed E-state index contributed by atoms with van der Waals surface area (Å²) < 4.78 is 5.17. The molecule has 3 aromatic rings. The maximum Gasteiger partial charge on any atom is 0.270 e. The minimum absolute atomic E-state index is 0.181. The van der Waals surface area contributed by atoms with E-state index in [4.69, 9.17) is 4.42 Å². The van der Waals surface area contributed by atoms with Gasteiger partial charge < -0.3 is 15.1 Å². The fourth-order valence-corrected chi connectivity index (χ4v) is 2.45. The van der Waals surface area contributed by atoms with Crippen LogP contribution in [0.2, 0.25) is 0 Å². The summed E-state index contributed by atoms with van der Waals surface area (Å²) in [5.41, 5.74) is 2.73. The Labute approximate surface area is 151 Å². The molecule has 26 heavy (non-hydrogen) atoms. The first kappa shape index (κ1) is 17.4. The van der Waals surface area contributed by atoms with Crippen molar-refractivity contribution in [2.45, 2.75) is 20.0 Å². The molecule has 0 fully saturated rings. The monoisotopic (exact) mass is 349 g/mol. The molecule has 0 saturated carbocycles. The van der Waals surface area contributed by atoms with Crippen LogP contribution in [0.25, 0.3) is 0 Å². The maximum atomic E-state index is 12.4. The van der Waals surface area contributed by atoms with Gasteiger partial charge >= 0.3 is 0 Å². The van der Waals surface area contributed by atoms with Gasteiger partial charge in [-0.2, -0.15) is 0 Å². The number of pyridine rings is 1. The second kappa shape index (κ2) is 8.11. The fourth-order valence-electron chi connectivity index (χ4n) is 2.45. The van der Waals surface area contributed by atoms with Gasteiger partial charge in [-0.15, -0.1) is 0 Å². The molecule has 0 saturated heterocycles. The number of rotatable bonds is 6. The Morgan fingerprint density at radius 2 is 1.81 bits per heavy atom. The van der Waals surface area contributed by atoms with Crippen LogP contribution in [0.5, 0.6) is 0 Å². The van der Waals surface area contributed by atoms with Crippen molar-refractivity contribution in [2.24, 2.45) is 0 Å². The van der Waals surface area contributed by atoms with Gasteiger partial charge in [0.2, 0.25) is 0 Å². The lowest BCUT2D eigenvalue weighted by Crippen LogP contribution is -2.26. The van der Waals surface area contributed by atoms with E-state index in [-0.39, 0.29) is 24.1 Å². The van der Waals surface area contributed by atoms with Gasteiger partial charge in [-0.3, -0.25) is 14.6 Å². The summed E-state index contributed by atoms with van der Waals surface area (Å²) in [6.07, 6.45) is 2.99. The van der Waals surface area contributed by atoms with Gasteiger partial charge in [0.05, 0.1) is 12.8 Å². The van der Waals surface area contributed by atoms with Crippen molar-refractivity contribution in [1.29, 1.82) is 0 Å². The summed E-state index contributed by atoms with van der Waals surface area (Å²) in [4.78, 5) is 28.6. The van der Waals surface area contributed by atoms with Crippen LogP contribution in [0.15, 0.2) is 65.4 Å². The fraction of sp³-hybridized carbons (Fsp3) is 0.150. The smallest absolute Gasteiger partial charge is 0.270 e. The number of carbonyl (C=O) groups is 2. The first-order valence-electron chi connectivity index (χ1n) is 8.23. The zero-order valence-electron chi connectivity index (χ0n) is 14.4. The summed E-state index contributed by atoms with van der Waals surface area (Å²) in [7, 11) is 0. The number of carbonyl (C=O) groups excluding carboxylic acids is 2. The molecule has 0 spiro atoms. The number of aromatic nitrogens is 1. The number of nitrogens with zero attached hydrogens (tertiary/aromatic N) is 1. The highest BCUT2D eigenvalue weighted by molar-refractivity contribution is 5.98. The zero-order chi connectivity index (χ0) is 18.4. The molecule has 6 heteroatoms. The Hall–Kier alpha value is -3.41. The summed E-state index contributed by atoms with van der Waals surface area (Å²) in [5, 5.41) is 5.57. The summed E-state index contributed by atoms with van der Waals surface area (Å²) in [5.74, 6) is 0.0242. The minimum Gasteiger partial charge on any atom is -0.467 e. The lowest BCUT2D eigenvalue weighted by molar-refractivity contribution is 0.0943. The molecular weight excluding hydrogens is 330 g/mol. The van der Waals surface area contributed by atoms with Crippen LogP contribution in [0.1, 0.15) is 37.7 Å². The highest BCUT2D eigenvalue weighted by Gasteiger charge is 2.12. The van der Waals surface area contributed by atoms with Gasteiger partial charge in [0, 0.05) is 18.3 Å². The molecule has 1 aromatic carbocycles. The second-order valence-corrected chi connectivity index (χ2v) is 5.80. The van der Waals surface area contributed by atoms with E-state index in [9.17, 15) is 9.59 Å². The van der Waals surface area contributed by atoms with Crippen LogP contribution in [-0.2, 0) is 13.1 Å². The molecule has 0 unspecified atom stereocenters. The third-order valence-electron chi connectivity index (χ3n) is 3.96. The van der Waals surface area contributed by atoms with Crippen LogP contribution in [-0.4, -0.2) is 16.8 Å². The molecule has 2 aromatic heterocycles. The van der Waals surface area contributed by atoms with Crippen LogP contribution in [0.4, 0.5) is 0 Å². The SMILES string of the molecule is Cc1ccccc1CNC(=O)c1ccnc(C(=O)NCc2ccco2)c1. The number of hydrogen-bond donors (Lipinski definition) is 2. The molecule has 2 heterocycles. The predicted molar refractivity (Wildman–Crippen MR) is 96.5 cm³/mol. The Morgan fingerprint density at radius 1 is 1.00 bits per heavy atom. The normalized spacial score (nSPS) is 10.3. The molecule has 6 nitrogen and oxygen atoms in total. The van der Waals surface area contributed by atoms with Gasteiger partial charge in [0.1, 0.15) is 11.5 Å². The molecule has 0 atom stereocenters. The van der Waals surface area contributed by atoms with E-state index in [1.165, 1.54) is 12.3 Å². The third kappa shape index (κ3) is 4.36. The van der Waals surface area contributed by atoms with Crippen molar-refractivity contribution in [3.05, 3.63) is 89.1 Å². The van der Waals surface area contributed by atoms with Crippen molar-refractivity contribution in [3.8, 4) is 0 Å². The average Bonchev–Trinajstić information content (AvgIpc) is 3.19. The summed E-state index contributed by atoms with van der Waals surface area (Å²) >= 11 is 0. The molecule has 2 N–H and O–H groups in total. The molecule has 0 aliphatic heterocycles. The Bertz CT molecular complexity index is 904. The lowest BCUT2D eigenvalue weighted by atomic mass is 10.1. The van der Waals surface area contributed by atoms with Crippen molar-refractivity contribution in [1.82, 2.24) is 15.6 Å². The van der Waals surface area contributed by atoms with Crippen LogP contribution in [0.3, 0.4) is 0 Å². The van der Waals surface area contributed by atoms with Crippen molar-refractivity contribution < 1.29 is 14.0 Å². The largest absolute Gasteiger partial charge is 0.467 e. The molecule has 0 bridgehead atoms. The van der Waals surface area contributed by atoms with E-state index in [0.717, 1.165) is 11.1 Å². The van der Waals surface area contributed by atoms with E-state index >= 15 is 0 Å². The van der Waals surface area contributed by atoms with E-state index in [1.54, 1.807) is 24.5 Å². The topological polar surface area (TPSA) is 84.2 Å². The number of aryl methyl sites for hydroxylation is 1. The van der Waals surface area contributed by atoms with Gasteiger partial charge in [-0.1, -0.05) is 24.3 Å². The van der Waals surface area contributed by atoms with Gasteiger partial charge in [0.25, 0.3) is 11.8 Å². The first-order chi connectivity index (χ1) is 12.6. The highest BCUT2D eigenvalue weighted by Crippen LogP contribution is 2.08. The zero-order valence-corrected chi connectivity index (χ0v) is 14.4. The first-order valence-corrected chi connectivity index (χ1v) is 8.23. The van der Waals surface area contributed by atoms with E-state index in [1.807, 2.05) is 31.2 Å². The molecule has 0 radical (unpaired) electrons.